The highest BCUT2D eigenvalue weighted by Gasteiger charge is 2.15. The van der Waals surface area contributed by atoms with Gasteiger partial charge in [-0.05, 0) is 19.1 Å². The second-order valence-corrected chi connectivity index (χ2v) is 3.33. The predicted octanol–water partition coefficient (Wildman–Crippen LogP) is 2.20. The lowest BCUT2D eigenvalue weighted by atomic mass is 10.3. The molecule has 0 saturated heterocycles. The van der Waals surface area contributed by atoms with Crippen LogP contribution in [0.15, 0.2) is 18.2 Å². The fraction of sp³-hybridized carbons (Fsp3) is 0.300. The summed E-state index contributed by atoms with van der Waals surface area (Å²) in [6.07, 6.45) is -0.930. The number of rotatable bonds is 4. The minimum Gasteiger partial charge on any atom is -0.493 e. The van der Waals surface area contributed by atoms with E-state index in [0.717, 1.165) is 0 Å². The molecule has 0 spiro atoms. The fourth-order valence-corrected chi connectivity index (χ4v) is 1.14. The van der Waals surface area contributed by atoms with Gasteiger partial charge in [0.1, 0.15) is 0 Å². The first kappa shape index (κ1) is 11.7. The molecule has 1 rings (SSSR count). The van der Waals surface area contributed by atoms with E-state index in [2.05, 4.69) is 0 Å². The topological polar surface area (TPSA) is 55.8 Å². The van der Waals surface area contributed by atoms with Crippen molar-refractivity contribution in [3.8, 4) is 11.5 Å². The third kappa shape index (κ3) is 3.02. The number of hydrogen-bond acceptors (Lipinski definition) is 3. The molecule has 15 heavy (non-hydrogen) atoms. The summed E-state index contributed by atoms with van der Waals surface area (Å²) in [5.74, 6) is -0.264. The van der Waals surface area contributed by atoms with Crippen molar-refractivity contribution in [1.82, 2.24) is 0 Å². The molecule has 5 heteroatoms. The Balaban J connectivity index is 2.89. The zero-order valence-electron chi connectivity index (χ0n) is 8.36. The van der Waals surface area contributed by atoms with Gasteiger partial charge in [-0.15, -0.1) is 0 Å². The van der Waals surface area contributed by atoms with Gasteiger partial charge in [0.25, 0.3) is 0 Å². The van der Waals surface area contributed by atoms with Crippen molar-refractivity contribution in [2.45, 2.75) is 13.0 Å². The number of benzene rings is 1. The van der Waals surface area contributed by atoms with Crippen LogP contribution in [0.2, 0.25) is 5.02 Å². The first-order chi connectivity index (χ1) is 7.04. The molecule has 0 saturated carbocycles. The van der Waals surface area contributed by atoms with Crippen molar-refractivity contribution in [2.75, 3.05) is 7.11 Å². The Morgan fingerprint density at radius 3 is 2.67 bits per heavy atom. The van der Waals surface area contributed by atoms with Crippen LogP contribution in [0.25, 0.3) is 0 Å². The molecule has 0 fully saturated rings. The maximum Gasteiger partial charge on any atom is 0.344 e. The molecule has 82 valence electrons. The lowest BCUT2D eigenvalue weighted by Gasteiger charge is -2.13. The molecule has 0 aliphatic rings. The number of carboxylic acids is 1. The number of hydrogen-bond donors (Lipinski definition) is 1. The van der Waals surface area contributed by atoms with Gasteiger partial charge >= 0.3 is 5.97 Å². The number of ether oxygens (including phenoxy) is 2. The first-order valence-corrected chi connectivity index (χ1v) is 4.65. The largest absolute Gasteiger partial charge is 0.493 e. The molecule has 0 aromatic heterocycles. The minimum atomic E-state index is -1.04. The molecule has 0 amide bonds. The number of aliphatic carboxylic acids is 1. The minimum absolute atomic E-state index is 0.358. The van der Waals surface area contributed by atoms with Crippen LogP contribution in [-0.4, -0.2) is 24.3 Å². The van der Waals surface area contributed by atoms with E-state index in [1.807, 2.05) is 0 Å². The second kappa shape index (κ2) is 4.89. The lowest BCUT2D eigenvalue weighted by molar-refractivity contribution is -0.144. The maximum absolute atomic E-state index is 10.6. The molecule has 0 heterocycles. The van der Waals surface area contributed by atoms with E-state index in [1.165, 1.54) is 14.0 Å². The highest BCUT2D eigenvalue weighted by Crippen LogP contribution is 2.30. The molecule has 1 N–H and O–H groups in total. The molecule has 1 aromatic rings. The highest BCUT2D eigenvalue weighted by atomic mass is 35.5. The van der Waals surface area contributed by atoms with Gasteiger partial charge in [-0.3, -0.25) is 0 Å². The summed E-state index contributed by atoms with van der Waals surface area (Å²) in [5.41, 5.74) is 0. The van der Waals surface area contributed by atoms with E-state index in [-0.39, 0.29) is 0 Å². The van der Waals surface area contributed by atoms with Crippen LogP contribution >= 0.6 is 11.6 Å². The average Bonchev–Trinajstić information content (AvgIpc) is 2.20. The summed E-state index contributed by atoms with van der Waals surface area (Å²) in [6, 6.07) is 4.74. The molecule has 0 aliphatic carbocycles. The quantitative estimate of drug-likeness (QED) is 0.862. The number of carbonyl (C=O) groups is 1. The number of carboxylic acid groups (broad SMARTS) is 1. The summed E-state index contributed by atoms with van der Waals surface area (Å²) in [5, 5.41) is 9.17. The van der Waals surface area contributed by atoms with Gasteiger partial charge in [0.2, 0.25) is 0 Å². The average molecular weight is 231 g/mol. The Bertz CT molecular complexity index is 364. The second-order valence-electron chi connectivity index (χ2n) is 2.89. The van der Waals surface area contributed by atoms with Gasteiger partial charge in [-0.2, -0.15) is 0 Å². The fourth-order valence-electron chi connectivity index (χ4n) is 0.980. The van der Waals surface area contributed by atoms with E-state index in [9.17, 15) is 4.79 Å². The molecule has 0 radical (unpaired) electrons. The van der Waals surface area contributed by atoms with Gasteiger partial charge in [0.15, 0.2) is 17.6 Å². The van der Waals surface area contributed by atoms with Gasteiger partial charge in [0, 0.05) is 11.1 Å². The van der Waals surface area contributed by atoms with E-state index in [4.69, 9.17) is 26.2 Å². The zero-order valence-corrected chi connectivity index (χ0v) is 9.12. The molecule has 0 bridgehead atoms. The SMILES string of the molecule is COc1cc(Cl)ccc1OC(C)C(=O)O. The summed E-state index contributed by atoms with van der Waals surface area (Å²) in [4.78, 5) is 10.6. The smallest absolute Gasteiger partial charge is 0.344 e. The van der Waals surface area contributed by atoms with Crippen LogP contribution in [0.3, 0.4) is 0 Å². The Morgan fingerprint density at radius 2 is 2.13 bits per heavy atom. The molecular weight excluding hydrogens is 220 g/mol. The molecule has 4 nitrogen and oxygen atoms in total. The monoisotopic (exact) mass is 230 g/mol. The molecular formula is C10H11ClO4. The molecule has 1 unspecified atom stereocenters. The molecule has 0 aliphatic heterocycles. The van der Waals surface area contributed by atoms with Crippen LogP contribution in [0.4, 0.5) is 0 Å². The van der Waals surface area contributed by atoms with Gasteiger partial charge < -0.3 is 14.6 Å². The predicted molar refractivity (Wildman–Crippen MR) is 55.7 cm³/mol. The van der Waals surface area contributed by atoms with E-state index in [1.54, 1.807) is 18.2 Å². The summed E-state index contributed by atoms with van der Waals surface area (Å²) >= 11 is 5.74. The zero-order chi connectivity index (χ0) is 11.4. The lowest BCUT2D eigenvalue weighted by Crippen LogP contribution is -2.23. The summed E-state index contributed by atoms with van der Waals surface area (Å²) in [6.45, 7) is 1.44. The summed E-state index contributed by atoms with van der Waals surface area (Å²) in [7, 11) is 1.46. The van der Waals surface area contributed by atoms with Crippen molar-refractivity contribution in [2.24, 2.45) is 0 Å². The van der Waals surface area contributed by atoms with Crippen LogP contribution in [0, 0.1) is 0 Å². The van der Waals surface area contributed by atoms with Gasteiger partial charge in [-0.1, -0.05) is 11.6 Å². The Labute approximate surface area is 92.4 Å². The van der Waals surface area contributed by atoms with Crippen molar-refractivity contribution in [1.29, 1.82) is 0 Å². The van der Waals surface area contributed by atoms with Crippen LogP contribution < -0.4 is 9.47 Å². The Morgan fingerprint density at radius 1 is 1.47 bits per heavy atom. The van der Waals surface area contributed by atoms with E-state index in [0.29, 0.717) is 16.5 Å². The van der Waals surface area contributed by atoms with E-state index < -0.39 is 12.1 Å². The highest BCUT2D eigenvalue weighted by molar-refractivity contribution is 6.30. The maximum atomic E-state index is 10.6. The number of methoxy groups -OCH3 is 1. The van der Waals surface area contributed by atoms with Crippen LogP contribution in [0.1, 0.15) is 6.92 Å². The standard InChI is InChI=1S/C10H11ClO4/c1-6(10(12)13)15-8-4-3-7(11)5-9(8)14-2/h3-6H,1-2H3,(H,12,13). The Kier molecular flexibility index (Phi) is 3.80. The van der Waals surface area contributed by atoms with Crippen molar-refractivity contribution < 1.29 is 19.4 Å². The Hall–Kier alpha value is -1.42. The third-order valence-corrected chi connectivity index (χ3v) is 2.01. The van der Waals surface area contributed by atoms with E-state index >= 15 is 0 Å². The number of halogens is 1. The normalized spacial score (nSPS) is 11.9. The van der Waals surface area contributed by atoms with Crippen LogP contribution in [0.5, 0.6) is 11.5 Å². The summed E-state index contributed by atoms with van der Waals surface area (Å²) < 4.78 is 10.2. The van der Waals surface area contributed by atoms with Gasteiger partial charge in [0.05, 0.1) is 7.11 Å². The van der Waals surface area contributed by atoms with Gasteiger partial charge in [-0.25, -0.2) is 4.79 Å². The van der Waals surface area contributed by atoms with Crippen LogP contribution in [-0.2, 0) is 4.79 Å². The third-order valence-electron chi connectivity index (χ3n) is 1.78. The molecule has 1 atom stereocenters. The van der Waals surface area contributed by atoms with Crippen molar-refractivity contribution >= 4 is 17.6 Å². The van der Waals surface area contributed by atoms with Crippen molar-refractivity contribution in [3.05, 3.63) is 23.2 Å². The van der Waals surface area contributed by atoms with Crippen molar-refractivity contribution in [3.63, 3.8) is 0 Å². The molecule has 1 aromatic carbocycles. The first-order valence-electron chi connectivity index (χ1n) is 4.27.